The van der Waals surface area contributed by atoms with Gasteiger partial charge in [0, 0.05) is 54.7 Å². The van der Waals surface area contributed by atoms with Crippen molar-refractivity contribution in [1.82, 2.24) is 9.21 Å². The van der Waals surface area contributed by atoms with E-state index in [1.807, 2.05) is 11.4 Å². The van der Waals surface area contributed by atoms with Crippen LogP contribution in [0.5, 0.6) is 0 Å². The summed E-state index contributed by atoms with van der Waals surface area (Å²) in [5, 5.41) is -0.171. The number of hydrogen-bond donors (Lipinski definition) is 2. The summed E-state index contributed by atoms with van der Waals surface area (Å²) in [6, 6.07) is 0. The third-order valence-electron chi connectivity index (χ3n) is 2.89. The minimum atomic E-state index is -0.297. The maximum atomic E-state index is 12.0. The van der Waals surface area contributed by atoms with Crippen LogP contribution < -0.4 is 0 Å². The molecule has 0 fully saturated rings. The number of allylic oxidation sites excluding steroid dienone is 2. The molecule has 126 valence electrons. The van der Waals surface area contributed by atoms with Crippen molar-refractivity contribution in [2.24, 2.45) is 0 Å². The molecule has 0 bridgehead atoms. The molecule has 0 heterocycles. The number of carbonyl (C=O) groups is 1. The van der Waals surface area contributed by atoms with E-state index in [-0.39, 0.29) is 16.4 Å². The highest BCUT2D eigenvalue weighted by molar-refractivity contribution is 8.75. The highest BCUT2D eigenvalue weighted by Gasteiger charge is 2.16. The Balaban J connectivity index is 3.96. The smallest absolute Gasteiger partial charge is 0.235 e. The van der Waals surface area contributed by atoms with Crippen molar-refractivity contribution in [2.45, 2.75) is 23.3 Å². The molecule has 0 aliphatic carbocycles. The molecule has 0 N–H and O–H groups in total. The SMILES string of the molecule is C=CCC(S)C(=O)N(C)CCSSN(C)C(=C)CC(S)C=C. The molecule has 0 rings (SSSR count). The Morgan fingerprint density at radius 2 is 1.95 bits per heavy atom. The molecular weight excluding hydrogens is 352 g/mol. The van der Waals surface area contributed by atoms with Crippen molar-refractivity contribution in [1.29, 1.82) is 0 Å². The highest BCUT2D eigenvalue weighted by Crippen LogP contribution is 2.29. The Kier molecular flexibility index (Phi) is 12.3. The van der Waals surface area contributed by atoms with E-state index < -0.39 is 0 Å². The van der Waals surface area contributed by atoms with Gasteiger partial charge in [-0.1, -0.05) is 29.5 Å². The highest BCUT2D eigenvalue weighted by atomic mass is 33.1. The monoisotopic (exact) mass is 378 g/mol. The van der Waals surface area contributed by atoms with Crippen molar-refractivity contribution < 1.29 is 4.79 Å². The number of carbonyl (C=O) groups excluding carboxylic acids is 1. The summed E-state index contributed by atoms with van der Waals surface area (Å²) >= 11 is 8.66. The molecule has 3 nitrogen and oxygen atoms in total. The summed E-state index contributed by atoms with van der Waals surface area (Å²) in [4.78, 5) is 13.7. The largest absolute Gasteiger partial charge is 0.344 e. The first kappa shape index (κ1) is 21.9. The lowest BCUT2D eigenvalue weighted by Gasteiger charge is -2.22. The summed E-state index contributed by atoms with van der Waals surface area (Å²) in [7, 11) is 7.09. The van der Waals surface area contributed by atoms with Crippen molar-refractivity contribution in [3.8, 4) is 0 Å². The third-order valence-corrected chi connectivity index (χ3v) is 6.14. The van der Waals surface area contributed by atoms with E-state index in [1.54, 1.807) is 45.9 Å². The zero-order chi connectivity index (χ0) is 17.1. The van der Waals surface area contributed by atoms with Gasteiger partial charge in [-0.25, -0.2) is 0 Å². The second kappa shape index (κ2) is 12.3. The molecule has 0 aromatic carbocycles. The molecule has 0 spiro atoms. The maximum absolute atomic E-state index is 12.0. The topological polar surface area (TPSA) is 23.6 Å². The fourth-order valence-corrected chi connectivity index (χ4v) is 3.98. The second-order valence-corrected chi connectivity index (χ2v) is 8.55. The Morgan fingerprint density at radius 3 is 2.50 bits per heavy atom. The van der Waals surface area contributed by atoms with Gasteiger partial charge < -0.3 is 9.21 Å². The van der Waals surface area contributed by atoms with Gasteiger partial charge in [0.25, 0.3) is 0 Å². The van der Waals surface area contributed by atoms with E-state index in [0.717, 1.165) is 17.9 Å². The molecular formula is C15H26N2OS4. The average molecular weight is 379 g/mol. The molecule has 7 heteroatoms. The van der Waals surface area contributed by atoms with Crippen LogP contribution in [0, 0.1) is 0 Å². The molecule has 1 amide bonds. The standard InChI is InChI=1S/C15H26N2OS4/c1-6-8-14(20)15(18)16(4)9-10-21-22-17(5)12(3)11-13(19)7-2/h6-7,13-14,19-20H,1-3,8-11H2,4-5H3. The zero-order valence-corrected chi connectivity index (χ0v) is 16.7. The second-order valence-electron chi connectivity index (χ2n) is 4.77. The summed E-state index contributed by atoms with van der Waals surface area (Å²) < 4.78 is 2.03. The van der Waals surface area contributed by atoms with Gasteiger partial charge in [0.2, 0.25) is 5.91 Å². The minimum absolute atomic E-state index is 0.0375. The van der Waals surface area contributed by atoms with Crippen molar-refractivity contribution >= 4 is 52.9 Å². The maximum Gasteiger partial charge on any atom is 0.235 e. The quantitative estimate of drug-likeness (QED) is 0.177. The molecule has 0 aromatic heterocycles. The summed E-state index contributed by atoms with van der Waals surface area (Å²) in [5.41, 5.74) is 1.00. The molecule has 0 saturated heterocycles. The van der Waals surface area contributed by atoms with Gasteiger partial charge >= 0.3 is 0 Å². The minimum Gasteiger partial charge on any atom is -0.344 e. The van der Waals surface area contributed by atoms with Crippen LogP contribution in [0.3, 0.4) is 0 Å². The summed E-state index contributed by atoms with van der Waals surface area (Å²) in [5.74, 6) is 0.876. The van der Waals surface area contributed by atoms with Gasteiger partial charge in [0.05, 0.1) is 5.25 Å². The molecule has 0 aliphatic heterocycles. The normalized spacial score (nSPS) is 13.1. The lowest BCUT2D eigenvalue weighted by Crippen LogP contribution is -2.35. The number of amides is 1. The van der Waals surface area contributed by atoms with E-state index in [9.17, 15) is 4.79 Å². The van der Waals surface area contributed by atoms with Crippen molar-refractivity contribution in [2.75, 3.05) is 26.4 Å². The predicted molar refractivity (Wildman–Crippen MR) is 110 cm³/mol. The van der Waals surface area contributed by atoms with E-state index in [0.29, 0.717) is 13.0 Å². The Morgan fingerprint density at radius 1 is 1.32 bits per heavy atom. The van der Waals surface area contributed by atoms with Gasteiger partial charge in [0.15, 0.2) is 0 Å². The molecule has 0 saturated carbocycles. The van der Waals surface area contributed by atoms with Crippen LogP contribution in [0.25, 0.3) is 0 Å². The van der Waals surface area contributed by atoms with Crippen LogP contribution >= 0.6 is 47.0 Å². The van der Waals surface area contributed by atoms with Gasteiger partial charge in [-0.2, -0.15) is 25.3 Å². The van der Waals surface area contributed by atoms with E-state index in [2.05, 4.69) is 45.0 Å². The van der Waals surface area contributed by atoms with Crippen LogP contribution in [0.2, 0.25) is 0 Å². The molecule has 0 aromatic rings. The lowest BCUT2D eigenvalue weighted by atomic mass is 10.2. The van der Waals surface area contributed by atoms with E-state index in [1.165, 1.54) is 0 Å². The van der Waals surface area contributed by atoms with Crippen molar-refractivity contribution in [3.05, 3.63) is 37.6 Å². The van der Waals surface area contributed by atoms with E-state index >= 15 is 0 Å². The van der Waals surface area contributed by atoms with Crippen molar-refractivity contribution in [3.63, 3.8) is 0 Å². The molecule has 22 heavy (non-hydrogen) atoms. The predicted octanol–water partition coefficient (Wildman–Crippen LogP) is 3.94. The Labute approximate surface area is 154 Å². The van der Waals surface area contributed by atoms with Crippen LogP contribution in [-0.4, -0.2) is 52.0 Å². The molecule has 0 radical (unpaired) electrons. The van der Waals surface area contributed by atoms with E-state index in [4.69, 9.17) is 0 Å². The van der Waals surface area contributed by atoms with Crippen LogP contribution in [0.15, 0.2) is 37.6 Å². The van der Waals surface area contributed by atoms with Crippen LogP contribution in [0.1, 0.15) is 12.8 Å². The number of thiol groups is 2. The zero-order valence-electron chi connectivity index (χ0n) is 13.3. The number of rotatable bonds is 12. The molecule has 0 aliphatic rings. The van der Waals surface area contributed by atoms with Crippen LogP contribution in [-0.2, 0) is 4.79 Å². The first-order chi connectivity index (χ1) is 10.3. The summed E-state index contributed by atoms with van der Waals surface area (Å²) in [6.07, 6.45) is 4.88. The van der Waals surface area contributed by atoms with Gasteiger partial charge in [-0.05, 0) is 6.42 Å². The number of hydrogen-bond acceptors (Lipinski definition) is 6. The number of nitrogens with zero attached hydrogens (tertiary/aromatic N) is 2. The fraction of sp³-hybridized carbons (Fsp3) is 0.533. The van der Waals surface area contributed by atoms with Gasteiger partial charge in [0.1, 0.15) is 0 Å². The van der Waals surface area contributed by atoms with Gasteiger partial charge in [-0.3, -0.25) is 4.79 Å². The third kappa shape index (κ3) is 9.12. The molecule has 2 unspecified atom stereocenters. The Hall–Kier alpha value is -0.110. The lowest BCUT2D eigenvalue weighted by molar-refractivity contribution is -0.128. The van der Waals surface area contributed by atoms with Gasteiger partial charge in [-0.15, -0.1) is 13.2 Å². The Bertz CT molecular complexity index is 390. The average Bonchev–Trinajstić information content (AvgIpc) is 2.50. The first-order valence-electron chi connectivity index (χ1n) is 6.89. The molecule has 2 atom stereocenters. The first-order valence-corrected chi connectivity index (χ1v) is 10.2. The fourth-order valence-electron chi connectivity index (χ4n) is 1.42. The summed E-state index contributed by atoms with van der Waals surface area (Å²) in [6.45, 7) is 12.1. The van der Waals surface area contributed by atoms with Crippen LogP contribution in [0.4, 0.5) is 0 Å².